The zero-order valence-electron chi connectivity index (χ0n) is 6.87. The molecule has 0 atom stereocenters. The van der Waals surface area contributed by atoms with Crippen LogP contribution >= 0.6 is 0 Å². The molecule has 0 saturated carbocycles. The summed E-state index contributed by atoms with van der Waals surface area (Å²) in [6.45, 7) is 3.69. The van der Waals surface area contributed by atoms with E-state index >= 15 is 0 Å². The smallest absolute Gasteiger partial charge is 0.250 e. The maximum atomic E-state index is 10.5. The molecule has 0 unspecified atom stereocenters. The average Bonchev–Trinajstić information content (AvgIpc) is 1.97. The quantitative estimate of drug-likeness (QED) is 0.337. The molecule has 0 aromatic carbocycles. The molecule has 0 aromatic rings. The number of unbranched alkanes of at least 4 members (excludes halogenated alkanes) is 1. The van der Waals surface area contributed by atoms with E-state index in [1.807, 2.05) is 6.92 Å². The molecule has 2 amide bonds. The van der Waals surface area contributed by atoms with E-state index in [1.54, 1.807) is 0 Å². The SMILES string of the molecule is CCCCON(C=O)C(C)=O. The molecular formula is C7H13NO3. The maximum Gasteiger partial charge on any atom is 0.250 e. The number of nitrogens with zero attached hydrogens (tertiary/aromatic N) is 1. The van der Waals surface area contributed by atoms with Crippen LogP contribution in [-0.4, -0.2) is 24.0 Å². The Morgan fingerprint density at radius 3 is 2.64 bits per heavy atom. The second-order valence-electron chi connectivity index (χ2n) is 2.14. The fourth-order valence-corrected chi connectivity index (χ4v) is 0.503. The molecule has 0 aliphatic heterocycles. The number of rotatable bonds is 5. The molecule has 4 heteroatoms. The van der Waals surface area contributed by atoms with Gasteiger partial charge >= 0.3 is 0 Å². The van der Waals surface area contributed by atoms with E-state index in [4.69, 9.17) is 4.84 Å². The summed E-state index contributed by atoms with van der Waals surface area (Å²) in [6, 6.07) is 0. The summed E-state index contributed by atoms with van der Waals surface area (Å²) in [4.78, 5) is 25.5. The number of hydrogen-bond acceptors (Lipinski definition) is 3. The van der Waals surface area contributed by atoms with Crippen LogP contribution in [0.1, 0.15) is 26.7 Å². The van der Waals surface area contributed by atoms with Crippen LogP contribution in [0.2, 0.25) is 0 Å². The lowest BCUT2D eigenvalue weighted by molar-refractivity contribution is -0.184. The third-order valence-electron chi connectivity index (χ3n) is 1.13. The maximum absolute atomic E-state index is 10.5. The van der Waals surface area contributed by atoms with Crippen LogP contribution in [0.4, 0.5) is 0 Å². The molecule has 4 nitrogen and oxygen atoms in total. The van der Waals surface area contributed by atoms with Gasteiger partial charge in [0.2, 0.25) is 12.3 Å². The largest absolute Gasteiger partial charge is 0.276 e. The van der Waals surface area contributed by atoms with Crippen molar-refractivity contribution in [2.45, 2.75) is 26.7 Å². The highest BCUT2D eigenvalue weighted by Gasteiger charge is 2.05. The molecule has 0 spiro atoms. The molecule has 0 rings (SSSR count). The highest BCUT2D eigenvalue weighted by Crippen LogP contribution is 1.91. The zero-order valence-corrected chi connectivity index (χ0v) is 6.87. The van der Waals surface area contributed by atoms with E-state index in [2.05, 4.69) is 0 Å². The van der Waals surface area contributed by atoms with Crippen LogP contribution in [0.25, 0.3) is 0 Å². The Labute approximate surface area is 66.1 Å². The molecule has 0 heterocycles. The number of carbonyl (C=O) groups is 2. The molecule has 0 aliphatic rings. The minimum absolute atomic E-state index is 0.373. The van der Waals surface area contributed by atoms with Gasteiger partial charge in [-0.15, -0.1) is 0 Å². The van der Waals surface area contributed by atoms with Crippen LogP contribution in [0.3, 0.4) is 0 Å². The zero-order chi connectivity index (χ0) is 8.69. The van der Waals surface area contributed by atoms with Crippen molar-refractivity contribution in [2.75, 3.05) is 6.61 Å². The Morgan fingerprint density at radius 1 is 1.64 bits per heavy atom. The van der Waals surface area contributed by atoms with Crippen molar-refractivity contribution in [3.8, 4) is 0 Å². The number of hydrogen-bond donors (Lipinski definition) is 0. The van der Waals surface area contributed by atoms with E-state index in [1.165, 1.54) is 6.92 Å². The average molecular weight is 159 g/mol. The summed E-state index contributed by atoms with van der Waals surface area (Å²) in [5, 5.41) is 0.704. The van der Waals surface area contributed by atoms with E-state index in [0.29, 0.717) is 18.1 Å². The standard InChI is InChI=1S/C7H13NO3/c1-3-4-5-11-8(6-9)7(2)10/h6H,3-5H2,1-2H3. The minimum atomic E-state index is -0.392. The van der Waals surface area contributed by atoms with Gasteiger partial charge in [-0.25, -0.2) is 0 Å². The van der Waals surface area contributed by atoms with Crippen LogP contribution in [0.5, 0.6) is 0 Å². The number of amides is 2. The van der Waals surface area contributed by atoms with Gasteiger partial charge in [0, 0.05) is 6.92 Å². The van der Waals surface area contributed by atoms with Gasteiger partial charge in [0.25, 0.3) is 0 Å². The van der Waals surface area contributed by atoms with Crippen molar-refractivity contribution < 1.29 is 14.4 Å². The van der Waals surface area contributed by atoms with Gasteiger partial charge in [0.05, 0.1) is 6.61 Å². The summed E-state index contributed by atoms with van der Waals surface area (Å²) >= 11 is 0. The van der Waals surface area contributed by atoms with Crippen molar-refractivity contribution in [1.29, 1.82) is 0 Å². The van der Waals surface area contributed by atoms with Gasteiger partial charge in [0.15, 0.2) is 0 Å². The second-order valence-corrected chi connectivity index (χ2v) is 2.14. The van der Waals surface area contributed by atoms with Gasteiger partial charge in [-0.05, 0) is 6.42 Å². The molecule has 0 radical (unpaired) electrons. The highest BCUT2D eigenvalue weighted by atomic mass is 16.7. The molecule has 0 bridgehead atoms. The Hall–Kier alpha value is -0.900. The van der Waals surface area contributed by atoms with Crippen molar-refractivity contribution in [3.63, 3.8) is 0 Å². The predicted molar refractivity (Wildman–Crippen MR) is 39.4 cm³/mol. The lowest BCUT2D eigenvalue weighted by atomic mass is 10.4. The molecule has 0 saturated heterocycles. The van der Waals surface area contributed by atoms with Crippen molar-refractivity contribution >= 4 is 12.3 Å². The first-order valence-electron chi connectivity index (χ1n) is 3.60. The lowest BCUT2D eigenvalue weighted by Gasteiger charge is -2.11. The Morgan fingerprint density at radius 2 is 2.27 bits per heavy atom. The molecule has 64 valence electrons. The van der Waals surface area contributed by atoms with Gasteiger partial charge in [-0.2, -0.15) is 5.06 Å². The molecule has 11 heavy (non-hydrogen) atoms. The fraction of sp³-hybridized carbons (Fsp3) is 0.714. The summed E-state index contributed by atoms with van der Waals surface area (Å²) in [5.74, 6) is -0.392. The Bertz CT molecular complexity index is 136. The first kappa shape index (κ1) is 10.1. The van der Waals surface area contributed by atoms with Gasteiger partial charge in [-0.1, -0.05) is 13.3 Å². The highest BCUT2D eigenvalue weighted by molar-refractivity contribution is 5.82. The van der Waals surface area contributed by atoms with Crippen molar-refractivity contribution in [1.82, 2.24) is 5.06 Å². The van der Waals surface area contributed by atoms with Gasteiger partial charge in [0.1, 0.15) is 0 Å². The minimum Gasteiger partial charge on any atom is -0.276 e. The summed E-state index contributed by atoms with van der Waals surface area (Å²) < 4.78 is 0. The topological polar surface area (TPSA) is 46.6 Å². The molecular weight excluding hydrogens is 146 g/mol. The molecule has 0 N–H and O–H groups in total. The molecule has 0 aliphatic carbocycles. The summed E-state index contributed by atoms with van der Waals surface area (Å²) in [6.07, 6.45) is 2.19. The van der Waals surface area contributed by atoms with E-state index in [9.17, 15) is 9.59 Å². The van der Waals surface area contributed by atoms with Crippen LogP contribution in [0, 0.1) is 0 Å². The predicted octanol–water partition coefficient (Wildman–Crippen LogP) is 0.723. The van der Waals surface area contributed by atoms with Crippen LogP contribution < -0.4 is 0 Å². The number of imide groups is 1. The molecule has 0 fully saturated rings. The van der Waals surface area contributed by atoms with Crippen molar-refractivity contribution in [3.05, 3.63) is 0 Å². The summed E-state index contributed by atoms with van der Waals surface area (Å²) in [5.41, 5.74) is 0. The summed E-state index contributed by atoms with van der Waals surface area (Å²) in [7, 11) is 0. The Kier molecular flexibility index (Phi) is 5.37. The third-order valence-corrected chi connectivity index (χ3v) is 1.13. The first-order chi connectivity index (χ1) is 5.22. The normalized spacial score (nSPS) is 9.27. The van der Waals surface area contributed by atoms with Gasteiger partial charge in [-0.3, -0.25) is 14.4 Å². The molecule has 0 aromatic heterocycles. The van der Waals surface area contributed by atoms with E-state index in [0.717, 1.165) is 12.8 Å². The van der Waals surface area contributed by atoms with E-state index < -0.39 is 5.91 Å². The lowest BCUT2D eigenvalue weighted by Crippen LogP contribution is -2.27. The van der Waals surface area contributed by atoms with Crippen LogP contribution in [0.15, 0.2) is 0 Å². The fourth-order valence-electron chi connectivity index (χ4n) is 0.503. The third kappa shape index (κ3) is 4.50. The first-order valence-corrected chi connectivity index (χ1v) is 3.60. The van der Waals surface area contributed by atoms with E-state index in [-0.39, 0.29) is 0 Å². The number of hydroxylamine groups is 2. The van der Waals surface area contributed by atoms with Crippen LogP contribution in [-0.2, 0) is 14.4 Å². The van der Waals surface area contributed by atoms with Gasteiger partial charge < -0.3 is 0 Å². The monoisotopic (exact) mass is 159 g/mol. The van der Waals surface area contributed by atoms with Crippen molar-refractivity contribution in [2.24, 2.45) is 0 Å². The number of carbonyl (C=O) groups excluding carboxylic acids is 2. The second kappa shape index (κ2) is 5.85. The Balaban J connectivity index is 3.52.